The van der Waals surface area contributed by atoms with E-state index in [-0.39, 0.29) is 17.8 Å². The van der Waals surface area contributed by atoms with Crippen molar-refractivity contribution in [1.29, 1.82) is 0 Å². The quantitative estimate of drug-likeness (QED) is 0.866. The van der Waals surface area contributed by atoms with Gasteiger partial charge in [-0.25, -0.2) is 0 Å². The minimum absolute atomic E-state index is 0.106. The Morgan fingerprint density at radius 3 is 3.10 bits per heavy atom. The van der Waals surface area contributed by atoms with Crippen LogP contribution >= 0.6 is 15.9 Å². The molecule has 2 heterocycles. The van der Waals surface area contributed by atoms with Crippen molar-refractivity contribution in [1.82, 2.24) is 10.3 Å². The Morgan fingerprint density at radius 2 is 2.29 bits per heavy atom. The largest absolute Gasteiger partial charge is 0.466 e. The number of nitrogens with zero attached hydrogens (tertiary/aromatic N) is 1. The molecule has 0 radical (unpaired) electrons. The fourth-order valence-electron chi connectivity index (χ4n) is 2.96. The van der Waals surface area contributed by atoms with Gasteiger partial charge in [-0.1, -0.05) is 28.1 Å². The van der Waals surface area contributed by atoms with Crippen LogP contribution < -0.4 is 5.32 Å². The SMILES string of the molecule is CCOC(=O)C1CNCC1c1ccc(Br)c2cccnc12. The second-order valence-corrected chi connectivity index (χ2v) is 6.01. The van der Waals surface area contributed by atoms with Crippen LogP contribution in [0.25, 0.3) is 10.9 Å². The summed E-state index contributed by atoms with van der Waals surface area (Å²) in [6.07, 6.45) is 1.79. The Hall–Kier alpha value is -1.46. The first-order chi connectivity index (χ1) is 10.2. The van der Waals surface area contributed by atoms with Crippen molar-refractivity contribution >= 4 is 32.8 Å². The lowest BCUT2D eigenvalue weighted by Crippen LogP contribution is -2.24. The molecule has 1 aliphatic heterocycles. The number of ether oxygens (including phenoxy) is 1. The van der Waals surface area contributed by atoms with E-state index >= 15 is 0 Å². The van der Waals surface area contributed by atoms with Crippen molar-refractivity contribution in [3.63, 3.8) is 0 Å². The van der Waals surface area contributed by atoms with Gasteiger partial charge in [-0.15, -0.1) is 0 Å². The van der Waals surface area contributed by atoms with Crippen molar-refractivity contribution in [3.8, 4) is 0 Å². The van der Waals surface area contributed by atoms with Crippen LogP contribution in [-0.2, 0) is 9.53 Å². The van der Waals surface area contributed by atoms with Crippen molar-refractivity contribution in [2.24, 2.45) is 5.92 Å². The average molecular weight is 349 g/mol. The molecule has 0 amide bonds. The van der Waals surface area contributed by atoms with Crippen LogP contribution in [0.3, 0.4) is 0 Å². The minimum atomic E-state index is -0.142. The van der Waals surface area contributed by atoms with Gasteiger partial charge < -0.3 is 10.1 Å². The molecule has 3 rings (SSSR count). The molecule has 0 aliphatic carbocycles. The number of carbonyl (C=O) groups is 1. The Labute approximate surface area is 132 Å². The van der Waals surface area contributed by atoms with Gasteiger partial charge in [0.1, 0.15) is 0 Å². The number of nitrogens with one attached hydrogen (secondary N) is 1. The fraction of sp³-hybridized carbons (Fsp3) is 0.375. The number of fused-ring (bicyclic) bond motifs is 1. The van der Waals surface area contributed by atoms with Gasteiger partial charge in [0, 0.05) is 35.1 Å². The average Bonchev–Trinajstić information content (AvgIpc) is 2.97. The van der Waals surface area contributed by atoms with E-state index in [0.29, 0.717) is 13.2 Å². The molecule has 1 aliphatic rings. The summed E-state index contributed by atoms with van der Waals surface area (Å²) in [5, 5.41) is 4.37. The smallest absolute Gasteiger partial charge is 0.310 e. The molecule has 2 aromatic rings. The number of carbonyl (C=O) groups excluding carboxylic acids is 1. The molecule has 2 unspecified atom stereocenters. The van der Waals surface area contributed by atoms with E-state index in [4.69, 9.17) is 4.74 Å². The van der Waals surface area contributed by atoms with Crippen LogP contribution in [0.4, 0.5) is 0 Å². The van der Waals surface area contributed by atoms with Crippen LogP contribution in [-0.4, -0.2) is 30.6 Å². The van der Waals surface area contributed by atoms with Crippen LogP contribution in [0.15, 0.2) is 34.9 Å². The summed E-state index contributed by atoms with van der Waals surface area (Å²) < 4.78 is 6.23. The zero-order valence-corrected chi connectivity index (χ0v) is 13.4. The topological polar surface area (TPSA) is 51.2 Å². The zero-order valence-electron chi connectivity index (χ0n) is 11.8. The maximum absolute atomic E-state index is 12.1. The van der Waals surface area contributed by atoms with Gasteiger partial charge in [-0.2, -0.15) is 0 Å². The predicted molar refractivity (Wildman–Crippen MR) is 85.2 cm³/mol. The van der Waals surface area contributed by atoms with Gasteiger partial charge in [-0.3, -0.25) is 9.78 Å². The Kier molecular flexibility index (Phi) is 4.22. The number of hydrogen-bond acceptors (Lipinski definition) is 4. The normalized spacial score (nSPS) is 21.6. The van der Waals surface area contributed by atoms with E-state index in [9.17, 15) is 4.79 Å². The van der Waals surface area contributed by atoms with Gasteiger partial charge in [-0.05, 0) is 24.6 Å². The molecule has 1 fully saturated rings. The number of pyridine rings is 1. The predicted octanol–water partition coefficient (Wildman–Crippen LogP) is 2.86. The molecule has 21 heavy (non-hydrogen) atoms. The number of halogens is 1. The fourth-order valence-corrected chi connectivity index (χ4v) is 3.41. The molecule has 0 saturated carbocycles. The molecule has 110 valence electrons. The standard InChI is InChI=1S/C16H17BrN2O2/c1-2-21-16(20)13-9-18-8-12(13)10-5-6-14(17)11-4-3-7-19-15(10)11/h3-7,12-13,18H,2,8-9H2,1H3. The van der Waals surface area contributed by atoms with E-state index in [1.165, 1.54) is 0 Å². The van der Waals surface area contributed by atoms with Gasteiger partial charge in [0.15, 0.2) is 0 Å². The van der Waals surface area contributed by atoms with Crippen molar-refractivity contribution in [2.75, 3.05) is 19.7 Å². The maximum atomic E-state index is 12.1. The van der Waals surface area contributed by atoms with E-state index < -0.39 is 0 Å². The molecule has 0 spiro atoms. The van der Waals surface area contributed by atoms with Gasteiger partial charge in [0.05, 0.1) is 18.0 Å². The molecule has 1 aromatic carbocycles. The summed E-state index contributed by atoms with van der Waals surface area (Å²) in [5.41, 5.74) is 2.06. The van der Waals surface area contributed by atoms with E-state index in [1.54, 1.807) is 6.20 Å². The van der Waals surface area contributed by atoms with Crippen LogP contribution in [0, 0.1) is 5.92 Å². The monoisotopic (exact) mass is 348 g/mol. The number of rotatable bonds is 3. The second-order valence-electron chi connectivity index (χ2n) is 5.16. The third-order valence-electron chi connectivity index (χ3n) is 3.95. The molecule has 0 bridgehead atoms. The van der Waals surface area contributed by atoms with Gasteiger partial charge >= 0.3 is 5.97 Å². The van der Waals surface area contributed by atoms with Gasteiger partial charge in [0.25, 0.3) is 0 Å². The second kappa shape index (κ2) is 6.12. The van der Waals surface area contributed by atoms with Crippen LogP contribution in [0.5, 0.6) is 0 Å². The number of hydrogen-bond donors (Lipinski definition) is 1. The van der Waals surface area contributed by atoms with Crippen molar-refractivity contribution in [2.45, 2.75) is 12.8 Å². The molecule has 1 aromatic heterocycles. The third kappa shape index (κ3) is 2.68. The molecule has 5 heteroatoms. The first-order valence-electron chi connectivity index (χ1n) is 7.13. The van der Waals surface area contributed by atoms with Gasteiger partial charge in [0.2, 0.25) is 0 Å². The third-order valence-corrected chi connectivity index (χ3v) is 4.64. The first-order valence-corrected chi connectivity index (χ1v) is 7.92. The van der Waals surface area contributed by atoms with Crippen LogP contribution in [0.2, 0.25) is 0 Å². The highest BCUT2D eigenvalue weighted by atomic mass is 79.9. The lowest BCUT2D eigenvalue weighted by molar-refractivity contribution is -0.147. The van der Waals surface area contributed by atoms with E-state index in [1.807, 2.05) is 25.1 Å². The number of aromatic nitrogens is 1. The number of benzene rings is 1. The Balaban J connectivity index is 2.03. The first kappa shape index (κ1) is 14.5. The Morgan fingerprint density at radius 1 is 1.43 bits per heavy atom. The maximum Gasteiger partial charge on any atom is 0.310 e. The number of esters is 1. The molecule has 1 saturated heterocycles. The van der Waals surface area contributed by atoms with E-state index in [0.717, 1.165) is 27.5 Å². The highest BCUT2D eigenvalue weighted by molar-refractivity contribution is 9.10. The summed E-state index contributed by atoms with van der Waals surface area (Å²) in [4.78, 5) is 16.7. The highest BCUT2D eigenvalue weighted by Crippen LogP contribution is 2.35. The lowest BCUT2D eigenvalue weighted by Gasteiger charge is -2.19. The molecular formula is C16H17BrN2O2. The summed E-state index contributed by atoms with van der Waals surface area (Å²) in [6, 6.07) is 8.05. The molecular weight excluding hydrogens is 332 g/mol. The minimum Gasteiger partial charge on any atom is -0.466 e. The lowest BCUT2D eigenvalue weighted by atomic mass is 9.87. The molecule has 1 N–H and O–H groups in total. The summed E-state index contributed by atoms with van der Waals surface area (Å²) in [5.74, 6) is -0.162. The van der Waals surface area contributed by atoms with Crippen molar-refractivity contribution < 1.29 is 9.53 Å². The summed E-state index contributed by atoms with van der Waals surface area (Å²) in [7, 11) is 0. The Bertz CT molecular complexity index is 674. The molecule has 4 nitrogen and oxygen atoms in total. The van der Waals surface area contributed by atoms with E-state index in [2.05, 4.69) is 32.3 Å². The van der Waals surface area contributed by atoms with Crippen LogP contribution in [0.1, 0.15) is 18.4 Å². The summed E-state index contributed by atoms with van der Waals surface area (Å²) in [6.45, 7) is 3.69. The van der Waals surface area contributed by atoms with Crippen molar-refractivity contribution in [3.05, 3.63) is 40.5 Å². The highest BCUT2D eigenvalue weighted by Gasteiger charge is 2.36. The summed E-state index contributed by atoms with van der Waals surface area (Å²) >= 11 is 3.56. The molecule has 2 atom stereocenters. The zero-order chi connectivity index (χ0) is 14.8.